The molecule has 2 N–H and O–H groups in total. The fraction of sp³-hybridized carbons (Fsp3) is 1.00. The van der Waals surface area contributed by atoms with Crippen molar-refractivity contribution in [2.75, 3.05) is 19.7 Å². The van der Waals surface area contributed by atoms with Gasteiger partial charge in [0.15, 0.2) is 0 Å². The van der Waals surface area contributed by atoms with Gasteiger partial charge in [0.1, 0.15) is 0 Å². The van der Waals surface area contributed by atoms with E-state index in [9.17, 15) is 18.3 Å². The maximum absolute atomic E-state index is 11.7. The predicted molar refractivity (Wildman–Crippen MR) is 62.1 cm³/mol. The van der Waals surface area contributed by atoms with Gasteiger partial charge in [0, 0.05) is 13.1 Å². The highest BCUT2D eigenvalue weighted by Crippen LogP contribution is 2.39. The van der Waals surface area contributed by atoms with Crippen LogP contribution in [0.2, 0.25) is 0 Å². The molecule has 1 aliphatic carbocycles. The largest absolute Gasteiger partial charge is 0.522 e. The van der Waals surface area contributed by atoms with Crippen LogP contribution in [0.25, 0.3) is 0 Å². The van der Waals surface area contributed by atoms with Crippen molar-refractivity contribution in [3.63, 3.8) is 0 Å². The average molecular weight is 269 g/mol. The summed E-state index contributed by atoms with van der Waals surface area (Å²) in [6.07, 6.45) is -1.33. The van der Waals surface area contributed by atoms with Crippen LogP contribution in [0, 0.1) is 5.41 Å². The molecule has 0 heterocycles. The topological polar surface area (TPSA) is 41.5 Å². The highest BCUT2D eigenvalue weighted by Gasteiger charge is 2.36. The van der Waals surface area contributed by atoms with Gasteiger partial charge in [0.25, 0.3) is 0 Å². The molecule has 0 spiro atoms. The number of aliphatic hydroxyl groups is 1. The molecule has 0 amide bonds. The van der Waals surface area contributed by atoms with Crippen molar-refractivity contribution in [1.29, 1.82) is 0 Å². The molecule has 3 nitrogen and oxygen atoms in total. The summed E-state index contributed by atoms with van der Waals surface area (Å²) in [5, 5.41) is 13.1. The summed E-state index contributed by atoms with van der Waals surface area (Å²) in [4.78, 5) is 0. The molecule has 1 fully saturated rings. The maximum atomic E-state index is 11.7. The van der Waals surface area contributed by atoms with E-state index in [0.717, 1.165) is 12.8 Å². The number of hydrogen-bond donors (Lipinski definition) is 2. The Balaban J connectivity index is 2.16. The van der Waals surface area contributed by atoms with Crippen LogP contribution in [0.15, 0.2) is 0 Å². The quantitative estimate of drug-likeness (QED) is 0.753. The summed E-state index contributed by atoms with van der Waals surface area (Å²) in [5.74, 6) is 0. The third-order valence-corrected chi connectivity index (χ3v) is 3.53. The van der Waals surface area contributed by atoms with Crippen LogP contribution in [0.5, 0.6) is 0 Å². The number of ether oxygens (including phenoxy) is 1. The van der Waals surface area contributed by atoms with E-state index >= 15 is 0 Å². The van der Waals surface area contributed by atoms with E-state index < -0.39 is 18.6 Å². The second-order valence-corrected chi connectivity index (χ2v) is 5.86. The lowest BCUT2D eigenvalue weighted by Gasteiger charge is -2.40. The first-order valence-corrected chi connectivity index (χ1v) is 6.26. The molecule has 0 radical (unpaired) electrons. The molecule has 0 aliphatic heterocycles. The molecule has 1 rings (SSSR count). The second kappa shape index (κ2) is 5.75. The Morgan fingerprint density at radius 2 is 1.72 bits per heavy atom. The van der Waals surface area contributed by atoms with Crippen LogP contribution in [-0.2, 0) is 4.74 Å². The third-order valence-electron chi connectivity index (χ3n) is 3.53. The highest BCUT2D eigenvalue weighted by molar-refractivity contribution is 4.90. The van der Waals surface area contributed by atoms with E-state index in [0.29, 0.717) is 19.4 Å². The van der Waals surface area contributed by atoms with Crippen molar-refractivity contribution < 1.29 is 23.0 Å². The van der Waals surface area contributed by atoms with Gasteiger partial charge in [-0.05, 0) is 31.1 Å². The zero-order valence-electron chi connectivity index (χ0n) is 10.9. The molecule has 108 valence electrons. The molecule has 0 aromatic heterocycles. The molecule has 0 saturated heterocycles. The highest BCUT2D eigenvalue weighted by atomic mass is 19.4. The Morgan fingerprint density at radius 1 is 1.17 bits per heavy atom. The van der Waals surface area contributed by atoms with Gasteiger partial charge in [-0.15, -0.1) is 13.2 Å². The zero-order valence-corrected chi connectivity index (χ0v) is 10.9. The summed E-state index contributed by atoms with van der Waals surface area (Å²) >= 11 is 0. The van der Waals surface area contributed by atoms with Crippen molar-refractivity contribution in [3.8, 4) is 0 Å². The van der Waals surface area contributed by atoms with Crippen LogP contribution in [-0.4, -0.2) is 36.8 Å². The zero-order chi connectivity index (χ0) is 13.9. The molecule has 1 saturated carbocycles. The van der Waals surface area contributed by atoms with Crippen LogP contribution < -0.4 is 5.32 Å². The molecule has 0 aromatic carbocycles. The molecular formula is C12H22F3NO2. The van der Waals surface area contributed by atoms with E-state index in [2.05, 4.69) is 23.9 Å². The smallest absolute Gasteiger partial charge is 0.389 e. The standard InChI is InChI=1S/C12H22F3NO2/c1-10(2)3-5-11(17,6-4-10)9-16-7-8-18-12(13,14)15/h16-17H,3-9H2,1-2H3. The van der Waals surface area contributed by atoms with Crippen LogP contribution in [0.3, 0.4) is 0 Å². The SMILES string of the molecule is CC1(C)CCC(O)(CNCCOC(F)(F)F)CC1. The van der Waals surface area contributed by atoms with Crippen molar-refractivity contribution >= 4 is 0 Å². The molecule has 0 atom stereocenters. The molecule has 0 aromatic rings. The van der Waals surface area contributed by atoms with Crippen molar-refractivity contribution in [3.05, 3.63) is 0 Å². The number of alkyl halides is 3. The first-order valence-electron chi connectivity index (χ1n) is 6.26. The van der Waals surface area contributed by atoms with Gasteiger partial charge in [0.05, 0.1) is 12.2 Å². The Bertz CT molecular complexity index is 257. The summed E-state index contributed by atoms with van der Waals surface area (Å²) in [5.41, 5.74) is -0.528. The fourth-order valence-corrected chi connectivity index (χ4v) is 2.13. The minimum absolute atomic E-state index is 0.0885. The Kier molecular flexibility index (Phi) is 5.03. The van der Waals surface area contributed by atoms with Gasteiger partial charge >= 0.3 is 6.36 Å². The Hall–Kier alpha value is -0.330. The summed E-state index contributed by atoms with van der Waals surface area (Å²) in [7, 11) is 0. The summed E-state index contributed by atoms with van der Waals surface area (Å²) in [6.45, 7) is 4.31. The second-order valence-electron chi connectivity index (χ2n) is 5.86. The first kappa shape index (κ1) is 15.7. The first-order chi connectivity index (χ1) is 8.12. The molecule has 6 heteroatoms. The Morgan fingerprint density at radius 3 is 2.22 bits per heavy atom. The van der Waals surface area contributed by atoms with Crippen LogP contribution >= 0.6 is 0 Å². The van der Waals surface area contributed by atoms with Crippen molar-refractivity contribution in [2.24, 2.45) is 5.41 Å². The number of nitrogens with one attached hydrogen (secondary N) is 1. The van der Waals surface area contributed by atoms with Crippen molar-refractivity contribution in [1.82, 2.24) is 5.32 Å². The van der Waals surface area contributed by atoms with Crippen LogP contribution in [0.4, 0.5) is 13.2 Å². The summed E-state index contributed by atoms with van der Waals surface area (Å²) in [6, 6.07) is 0. The van der Waals surface area contributed by atoms with Gasteiger partial charge in [-0.25, -0.2) is 0 Å². The van der Waals surface area contributed by atoms with E-state index in [1.165, 1.54) is 0 Å². The normalized spacial score (nSPS) is 23.0. The Labute approximate surface area is 106 Å². The van der Waals surface area contributed by atoms with Gasteiger partial charge in [-0.1, -0.05) is 13.8 Å². The van der Waals surface area contributed by atoms with Crippen LogP contribution in [0.1, 0.15) is 39.5 Å². The lowest BCUT2D eigenvalue weighted by atomic mass is 9.71. The minimum atomic E-state index is -4.58. The van der Waals surface area contributed by atoms with E-state index in [1.807, 2.05) is 0 Å². The number of hydrogen-bond acceptors (Lipinski definition) is 3. The molecule has 0 unspecified atom stereocenters. The van der Waals surface area contributed by atoms with E-state index in [4.69, 9.17) is 0 Å². The predicted octanol–water partition coefficient (Wildman–Crippen LogP) is 2.44. The molecular weight excluding hydrogens is 247 g/mol. The third kappa shape index (κ3) is 6.02. The van der Waals surface area contributed by atoms with E-state index in [1.54, 1.807) is 0 Å². The van der Waals surface area contributed by atoms with E-state index in [-0.39, 0.29) is 12.0 Å². The molecule has 1 aliphatic rings. The monoisotopic (exact) mass is 269 g/mol. The lowest BCUT2D eigenvalue weighted by molar-refractivity contribution is -0.323. The lowest BCUT2D eigenvalue weighted by Crippen LogP contribution is -2.45. The summed E-state index contributed by atoms with van der Waals surface area (Å²) < 4.78 is 38.7. The minimum Gasteiger partial charge on any atom is -0.389 e. The van der Waals surface area contributed by atoms with Gasteiger partial charge in [-0.2, -0.15) is 0 Å². The number of rotatable bonds is 5. The number of halogens is 3. The van der Waals surface area contributed by atoms with Crippen molar-refractivity contribution in [2.45, 2.75) is 51.5 Å². The maximum Gasteiger partial charge on any atom is 0.522 e. The van der Waals surface area contributed by atoms with Gasteiger partial charge < -0.3 is 10.4 Å². The molecule has 18 heavy (non-hydrogen) atoms. The fourth-order valence-electron chi connectivity index (χ4n) is 2.13. The van der Waals surface area contributed by atoms with Gasteiger partial charge in [0.2, 0.25) is 0 Å². The molecule has 0 bridgehead atoms. The van der Waals surface area contributed by atoms with Gasteiger partial charge in [-0.3, -0.25) is 4.74 Å². The average Bonchev–Trinajstić information content (AvgIpc) is 2.21.